The second kappa shape index (κ2) is 6.42. The van der Waals surface area contributed by atoms with Crippen molar-refractivity contribution in [3.8, 4) is 0 Å². The van der Waals surface area contributed by atoms with E-state index in [9.17, 15) is 18.0 Å². The Hall–Kier alpha value is -1.71. The Bertz CT molecular complexity index is 552. The molecule has 130 valence electrons. The highest BCUT2D eigenvalue weighted by Crippen LogP contribution is 2.44. The number of methoxy groups -OCH3 is 1. The number of carbonyl (C=O) groups excluding carboxylic acids is 1. The molecule has 1 aliphatic heterocycles. The van der Waals surface area contributed by atoms with Crippen molar-refractivity contribution in [2.45, 2.75) is 50.9 Å². The summed E-state index contributed by atoms with van der Waals surface area (Å²) in [5, 5.41) is 13.2. The van der Waals surface area contributed by atoms with E-state index < -0.39 is 29.6 Å². The highest BCUT2D eigenvalue weighted by Gasteiger charge is 2.60. The van der Waals surface area contributed by atoms with Gasteiger partial charge in [0.25, 0.3) is 0 Å². The SMILES string of the molecule is COC(=O)C(C(C)C)n1nnnc1C1(C(F)(F)F)CCCCN1. The Kier molecular flexibility index (Phi) is 4.92. The molecule has 1 aromatic rings. The Balaban J connectivity index is 2.55. The molecular weight excluding hydrogens is 315 g/mol. The number of hydrogen-bond donors (Lipinski definition) is 1. The average Bonchev–Trinajstić information content (AvgIpc) is 2.95. The summed E-state index contributed by atoms with van der Waals surface area (Å²) in [7, 11) is 1.18. The third kappa shape index (κ3) is 3.04. The van der Waals surface area contributed by atoms with Crippen molar-refractivity contribution >= 4 is 5.97 Å². The van der Waals surface area contributed by atoms with Gasteiger partial charge in [-0.05, 0) is 42.2 Å². The number of ether oxygens (including phenoxy) is 1. The van der Waals surface area contributed by atoms with Crippen LogP contribution in [0.4, 0.5) is 13.2 Å². The fourth-order valence-corrected chi connectivity index (χ4v) is 2.90. The van der Waals surface area contributed by atoms with E-state index in [-0.39, 0.29) is 18.9 Å². The summed E-state index contributed by atoms with van der Waals surface area (Å²) in [6.07, 6.45) is -3.73. The van der Waals surface area contributed by atoms with Gasteiger partial charge in [-0.15, -0.1) is 5.10 Å². The first-order valence-electron chi connectivity index (χ1n) is 7.42. The van der Waals surface area contributed by atoms with Crippen molar-refractivity contribution in [3.63, 3.8) is 0 Å². The van der Waals surface area contributed by atoms with Gasteiger partial charge >= 0.3 is 12.1 Å². The second-order valence-electron chi connectivity index (χ2n) is 5.95. The number of rotatable bonds is 4. The summed E-state index contributed by atoms with van der Waals surface area (Å²) in [4.78, 5) is 12.0. The predicted molar refractivity (Wildman–Crippen MR) is 73.3 cm³/mol. The minimum absolute atomic E-state index is 0.178. The molecule has 0 bridgehead atoms. The second-order valence-corrected chi connectivity index (χ2v) is 5.95. The Morgan fingerprint density at radius 1 is 1.39 bits per heavy atom. The van der Waals surface area contributed by atoms with Gasteiger partial charge in [-0.2, -0.15) is 13.2 Å². The van der Waals surface area contributed by atoms with Gasteiger partial charge in [0.2, 0.25) is 0 Å². The van der Waals surface area contributed by atoms with Gasteiger partial charge in [0.05, 0.1) is 7.11 Å². The minimum Gasteiger partial charge on any atom is -0.467 e. The number of nitrogens with zero attached hydrogens (tertiary/aromatic N) is 4. The summed E-state index contributed by atoms with van der Waals surface area (Å²) in [5.74, 6) is -1.41. The Morgan fingerprint density at radius 2 is 2.09 bits per heavy atom. The number of tetrazole rings is 1. The zero-order chi connectivity index (χ0) is 17.3. The number of piperidine rings is 1. The number of halogens is 3. The van der Waals surface area contributed by atoms with Gasteiger partial charge in [-0.3, -0.25) is 5.32 Å². The van der Waals surface area contributed by atoms with Crippen molar-refractivity contribution in [2.24, 2.45) is 5.92 Å². The van der Waals surface area contributed by atoms with Crippen molar-refractivity contribution in [1.29, 1.82) is 0 Å². The van der Waals surface area contributed by atoms with Crippen LogP contribution in [0.5, 0.6) is 0 Å². The largest absolute Gasteiger partial charge is 0.467 e. The molecule has 0 aromatic carbocycles. The zero-order valence-electron chi connectivity index (χ0n) is 13.2. The molecule has 7 nitrogen and oxygen atoms in total. The number of nitrogens with one attached hydrogen (secondary N) is 1. The van der Waals surface area contributed by atoms with Crippen LogP contribution in [0.1, 0.15) is 45.0 Å². The molecule has 2 unspecified atom stereocenters. The summed E-state index contributed by atoms with van der Waals surface area (Å²) < 4.78 is 47.0. The lowest BCUT2D eigenvalue weighted by molar-refractivity contribution is -0.211. The van der Waals surface area contributed by atoms with Crippen LogP contribution in [-0.2, 0) is 15.1 Å². The quantitative estimate of drug-likeness (QED) is 0.841. The molecule has 2 rings (SSSR count). The number of carbonyl (C=O) groups is 1. The minimum atomic E-state index is -4.59. The van der Waals surface area contributed by atoms with Gasteiger partial charge in [0.1, 0.15) is 0 Å². The number of alkyl halides is 3. The Labute approximate surface area is 131 Å². The Morgan fingerprint density at radius 3 is 2.57 bits per heavy atom. The van der Waals surface area contributed by atoms with Crippen molar-refractivity contribution in [2.75, 3.05) is 13.7 Å². The van der Waals surface area contributed by atoms with Crippen LogP contribution in [0.3, 0.4) is 0 Å². The van der Waals surface area contributed by atoms with E-state index in [1.54, 1.807) is 13.8 Å². The first kappa shape index (κ1) is 17.6. The van der Waals surface area contributed by atoms with Crippen molar-refractivity contribution in [1.82, 2.24) is 25.5 Å². The van der Waals surface area contributed by atoms with Gasteiger partial charge < -0.3 is 4.74 Å². The van der Waals surface area contributed by atoms with Gasteiger partial charge in [-0.1, -0.05) is 13.8 Å². The molecule has 0 radical (unpaired) electrons. The molecule has 0 spiro atoms. The maximum Gasteiger partial charge on any atom is 0.413 e. The van der Waals surface area contributed by atoms with Crippen LogP contribution in [0, 0.1) is 5.92 Å². The van der Waals surface area contributed by atoms with E-state index >= 15 is 0 Å². The van der Waals surface area contributed by atoms with Crippen LogP contribution in [0.25, 0.3) is 0 Å². The molecule has 1 N–H and O–H groups in total. The molecule has 1 aromatic heterocycles. The van der Waals surface area contributed by atoms with E-state index in [2.05, 4.69) is 20.8 Å². The topological polar surface area (TPSA) is 81.9 Å². The van der Waals surface area contributed by atoms with E-state index in [0.29, 0.717) is 12.8 Å². The predicted octanol–water partition coefficient (Wildman–Crippen LogP) is 1.57. The van der Waals surface area contributed by atoms with E-state index in [0.717, 1.165) is 4.68 Å². The lowest BCUT2D eigenvalue weighted by Crippen LogP contribution is -2.58. The molecule has 1 aliphatic rings. The lowest BCUT2D eigenvalue weighted by atomic mass is 9.86. The standard InChI is InChI=1S/C13H20F3N5O2/c1-8(2)9(10(22)23-3)21-11(18-19-20-21)12(13(14,15)16)6-4-5-7-17-12/h8-9,17H,4-7H2,1-3H3. The molecule has 0 amide bonds. The third-order valence-corrected chi connectivity index (χ3v) is 4.10. The molecule has 1 saturated heterocycles. The van der Waals surface area contributed by atoms with Crippen LogP contribution in [0.15, 0.2) is 0 Å². The maximum atomic E-state index is 13.8. The highest BCUT2D eigenvalue weighted by atomic mass is 19.4. The fraction of sp³-hybridized carbons (Fsp3) is 0.846. The van der Waals surface area contributed by atoms with Crippen LogP contribution in [-0.4, -0.2) is 46.0 Å². The van der Waals surface area contributed by atoms with E-state index in [4.69, 9.17) is 4.74 Å². The third-order valence-electron chi connectivity index (χ3n) is 4.10. The summed E-state index contributed by atoms with van der Waals surface area (Å²) in [6, 6.07) is -1.02. The average molecular weight is 335 g/mol. The first-order chi connectivity index (χ1) is 10.7. The highest BCUT2D eigenvalue weighted by molar-refractivity contribution is 5.74. The number of hydrogen-bond acceptors (Lipinski definition) is 6. The first-order valence-corrected chi connectivity index (χ1v) is 7.42. The molecule has 2 atom stereocenters. The molecule has 2 heterocycles. The molecular formula is C13H20F3N5O2. The number of esters is 1. The molecule has 0 aliphatic carbocycles. The van der Waals surface area contributed by atoms with Crippen LogP contribution in [0.2, 0.25) is 0 Å². The van der Waals surface area contributed by atoms with Gasteiger partial charge in [0, 0.05) is 0 Å². The van der Waals surface area contributed by atoms with Gasteiger partial charge in [-0.25, -0.2) is 9.48 Å². The summed E-state index contributed by atoms with van der Waals surface area (Å²) >= 11 is 0. The smallest absolute Gasteiger partial charge is 0.413 e. The van der Waals surface area contributed by atoms with Crippen molar-refractivity contribution in [3.05, 3.63) is 5.82 Å². The normalized spacial score (nSPS) is 23.8. The maximum absolute atomic E-state index is 13.8. The molecule has 1 fully saturated rings. The fourth-order valence-electron chi connectivity index (χ4n) is 2.90. The monoisotopic (exact) mass is 335 g/mol. The van der Waals surface area contributed by atoms with E-state index in [1.165, 1.54) is 7.11 Å². The van der Waals surface area contributed by atoms with Crippen molar-refractivity contribution < 1.29 is 22.7 Å². The molecule has 10 heteroatoms. The molecule has 0 saturated carbocycles. The van der Waals surface area contributed by atoms with E-state index in [1.807, 2.05) is 0 Å². The van der Waals surface area contributed by atoms with Crippen LogP contribution < -0.4 is 5.32 Å². The number of aromatic nitrogens is 4. The zero-order valence-corrected chi connectivity index (χ0v) is 13.2. The van der Waals surface area contributed by atoms with Crippen LogP contribution >= 0.6 is 0 Å². The molecule has 23 heavy (non-hydrogen) atoms. The summed E-state index contributed by atoms with van der Waals surface area (Å²) in [6.45, 7) is 3.60. The lowest BCUT2D eigenvalue weighted by Gasteiger charge is -2.39. The van der Waals surface area contributed by atoms with Gasteiger partial charge in [0.15, 0.2) is 17.4 Å². The summed E-state index contributed by atoms with van der Waals surface area (Å²) in [5.41, 5.74) is -2.35.